The normalized spacial score (nSPS) is 10.2. The van der Waals surface area contributed by atoms with Crippen LogP contribution < -0.4 is 5.32 Å². The van der Waals surface area contributed by atoms with Crippen molar-refractivity contribution in [3.05, 3.63) is 34.1 Å². The van der Waals surface area contributed by atoms with E-state index in [1.54, 1.807) is 0 Å². The second-order valence-corrected chi connectivity index (χ2v) is 4.23. The summed E-state index contributed by atoms with van der Waals surface area (Å²) >= 11 is 3.18. The van der Waals surface area contributed by atoms with Crippen molar-refractivity contribution in [1.82, 2.24) is 5.32 Å². The summed E-state index contributed by atoms with van der Waals surface area (Å²) in [4.78, 5) is 11.5. The third-order valence-electron chi connectivity index (χ3n) is 2.04. The van der Waals surface area contributed by atoms with Crippen LogP contribution in [-0.2, 0) is 0 Å². The quantitative estimate of drug-likeness (QED) is 0.816. The van der Waals surface area contributed by atoms with Crippen LogP contribution in [-0.4, -0.2) is 24.2 Å². The number of hydrogen-bond acceptors (Lipinski definition) is 2. The first-order chi connectivity index (χ1) is 7.65. The molecule has 0 radical (unpaired) electrons. The topological polar surface area (TPSA) is 49.3 Å². The zero-order valence-corrected chi connectivity index (χ0v) is 10.3. The molecule has 0 aromatic heterocycles. The highest BCUT2D eigenvalue weighted by atomic mass is 79.9. The standard InChI is InChI=1S/C11H13BrFNO2/c12-8-3-4-10(13)9(7-8)11(16)14-5-1-2-6-15/h3-4,7,15H,1-2,5-6H2,(H,14,16). The fraction of sp³-hybridized carbons (Fsp3) is 0.364. The maximum Gasteiger partial charge on any atom is 0.254 e. The van der Waals surface area contributed by atoms with Crippen molar-refractivity contribution < 1.29 is 14.3 Å². The molecule has 0 bridgehead atoms. The van der Waals surface area contributed by atoms with Crippen molar-refractivity contribution >= 4 is 21.8 Å². The first kappa shape index (κ1) is 13.1. The van der Waals surface area contributed by atoms with Crippen LogP contribution >= 0.6 is 15.9 Å². The van der Waals surface area contributed by atoms with Crippen LogP contribution in [0.1, 0.15) is 23.2 Å². The molecule has 5 heteroatoms. The summed E-state index contributed by atoms with van der Waals surface area (Å²) in [6.45, 7) is 0.534. The number of carbonyl (C=O) groups is 1. The van der Waals surface area contributed by atoms with E-state index in [4.69, 9.17) is 5.11 Å². The fourth-order valence-corrected chi connectivity index (χ4v) is 1.57. The Labute approximate surface area is 102 Å². The zero-order chi connectivity index (χ0) is 12.0. The molecule has 16 heavy (non-hydrogen) atoms. The number of unbranched alkanes of at least 4 members (excludes halogenated alkanes) is 1. The Hall–Kier alpha value is -0.940. The van der Waals surface area contributed by atoms with Gasteiger partial charge in [-0.05, 0) is 31.0 Å². The van der Waals surface area contributed by atoms with Crippen molar-refractivity contribution in [3.8, 4) is 0 Å². The van der Waals surface area contributed by atoms with Gasteiger partial charge in [0.1, 0.15) is 5.82 Å². The van der Waals surface area contributed by atoms with E-state index >= 15 is 0 Å². The molecule has 2 N–H and O–H groups in total. The number of benzene rings is 1. The van der Waals surface area contributed by atoms with Gasteiger partial charge in [0.05, 0.1) is 5.56 Å². The third-order valence-corrected chi connectivity index (χ3v) is 2.54. The number of carbonyl (C=O) groups excluding carboxylic acids is 1. The molecule has 0 unspecified atom stereocenters. The van der Waals surface area contributed by atoms with E-state index in [1.165, 1.54) is 18.2 Å². The second kappa shape index (κ2) is 6.60. The summed E-state index contributed by atoms with van der Waals surface area (Å²) in [6, 6.07) is 4.22. The molecule has 1 aromatic rings. The summed E-state index contributed by atoms with van der Waals surface area (Å²) < 4.78 is 13.9. The highest BCUT2D eigenvalue weighted by Gasteiger charge is 2.11. The highest BCUT2D eigenvalue weighted by molar-refractivity contribution is 9.10. The molecule has 1 aromatic carbocycles. The molecular weight excluding hydrogens is 277 g/mol. The van der Waals surface area contributed by atoms with Gasteiger partial charge < -0.3 is 10.4 Å². The lowest BCUT2D eigenvalue weighted by Crippen LogP contribution is -2.25. The van der Waals surface area contributed by atoms with Crippen molar-refractivity contribution in [2.45, 2.75) is 12.8 Å². The van der Waals surface area contributed by atoms with E-state index in [0.717, 1.165) is 0 Å². The van der Waals surface area contributed by atoms with Crippen LogP contribution in [0.5, 0.6) is 0 Å². The molecule has 88 valence electrons. The van der Waals surface area contributed by atoms with Crippen molar-refractivity contribution in [1.29, 1.82) is 0 Å². The molecule has 0 atom stereocenters. The van der Waals surface area contributed by atoms with Gasteiger partial charge in [-0.1, -0.05) is 15.9 Å². The number of aliphatic hydroxyl groups excluding tert-OH is 1. The van der Waals surface area contributed by atoms with Crippen LogP contribution in [0.2, 0.25) is 0 Å². The molecule has 0 spiro atoms. The van der Waals surface area contributed by atoms with E-state index < -0.39 is 11.7 Å². The number of aliphatic hydroxyl groups is 1. The Morgan fingerprint density at radius 3 is 2.88 bits per heavy atom. The van der Waals surface area contributed by atoms with E-state index in [9.17, 15) is 9.18 Å². The van der Waals surface area contributed by atoms with Gasteiger partial charge in [0.15, 0.2) is 0 Å². The minimum absolute atomic E-state index is 0.0263. The number of nitrogens with one attached hydrogen (secondary N) is 1. The molecule has 0 saturated heterocycles. The summed E-state index contributed by atoms with van der Waals surface area (Å²) in [5.41, 5.74) is 0.0263. The van der Waals surface area contributed by atoms with Gasteiger partial charge in [-0.15, -0.1) is 0 Å². The Morgan fingerprint density at radius 2 is 2.19 bits per heavy atom. The van der Waals surface area contributed by atoms with Gasteiger partial charge in [0.25, 0.3) is 5.91 Å². The lowest BCUT2D eigenvalue weighted by Gasteiger charge is -2.05. The summed E-state index contributed by atoms with van der Waals surface area (Å²) in [7, 11) is 0. The zero-order valence-electron chi connectivity index (χ0n) is 8.67. The van der Waals surface area contributed by atoms with Gasteiger partial charge in [0.2, 0.25) is 0 Å². The molecule has 0 aliphatic carbocycles. The Balaban J connectivity index is 2.55. The summed E-state index contributed by atoms with van der Waals surface area (Å²) in [5, 5.41) is 11.1. The fourth-order valence-electron chi connectivity index (χ4n) is 1.21. The highest BCUT2D eigenvalue weighted by Crippen LogP contribution is 2.15. The Bertz CT molecular complexity index is 371. The summed E-state index contributed by atoms with van der Waals surface area (Å²) in [5.74, 6) is -0.973. The predicted octanol–water partition coefficient (Wildman–Crippen LogP) is 2.09. The van der Waals surface area contributed by atoms with Crippen LogP contribution in [0, 0.1) is 5.82 Å². The number of rotatable bonds is 5. The number of hydrogen-bond donors (Lipinski definition) is 2. The molecule has 3 nitrogen and oxygen atoms in total. The molecule has 1 rings (SSSR count). The molecule has 1 amide bonds. The van der Waals surface area contributed by atoms with Gasteiger partial charge >= 0.3 is 0 Å². The van der Waals surface area contributed by atoms with E-state index in [-0.39, 0.29) is 12.2 Å². The van der Waals surface area contributed by atoms with Crippen molar-refractivity contribution in [3.63, 3.8) is 0 Å². The molecule has 0 aliphatic heterocycles. The van der Waals surface area contributed by atoms with Crippen LogP contribution in [0.4, 0.5) is 4.39 Å². The lowest BCUT2D eigenvalue weighted by molar-refractivity contribution is 0.0948. The monoisotopic (exact) mass is 289 g/mol. The SMILES string of the molecule is O=C(NCCCCO)c1cc(Br)ccc1F. The minimum Gasteiger partial charge on any atom is -0.396 e. The van der Waals surface area contributed by atoms with E-state index in [0.29, 0.717) is 23.9 Å². The van der Waals surface area contributed by atoms with Gasteiger partial charge in [-0.2, -0.15) is 0 Å². The van der Waals surface area contributed by atoms with E-state index in [1.807, 2.05) is 0 Å². The first-order valence-electron chi connectivity index (χ1n) is 4.99. The Kier molecular flexibility index (Phi) is 5.42. The largest absolute Gasteiger partial charge is 0.396 e. The average molecular weight is 290 g/mol. The Morgan fingerprint density at radius 1 is 1.44 bits per heavy atom. The maximum absolute atomic E-state index is 13.3. The van der Waals surface area contributed by atoms with Crippen LogP contribution in [0.15, 0.2) is 22.7 Å². The van der Waals surface area contributed by atoms with Crippen LogP contribution in [0.25, 0.3) is 0 Å². The molecule has 0 fully saturated rings. The molecular formula is C11H13BrFNO2. The van der Waals surface area contributed by atoms with Gasteiger partial charge in [-0.25, -0.2) is 4.39 Å². The molecule has 0 aliphatic rings. The maximum atomic E-state index is 13.3. The molecule has 0 heterocycles. The number of amides is 1. The summed E-state index contributed by atoms with van der Waals surface area (Å²) in [6.07, 6.45) is 1.30. The molecule has 0 saturated carbocycles. The van der Waals surface area contributed by atoms with Gasteiger partial charge in [0, 0.05) is 17.6 Å². The van der Waals surface area contributed by atoms with E-state index in [2.05, 4.69) is 21.2 Å². The average Bonchev–Trinajstić information content (AvgIpc) is 2.27. The van der Waals surface area contributed by atoms with Crippen molar-refractivity contribution in [2.75, 3.05) is 13.2 Å². The first-order valence-corrected chi connectivity index (χ1v) is 5.78. The van der Waals surface area contributed by atoms with Crippen molar-refractivity contribution in [2.24, 2.45) is 0 Å². The van der Waals surface area contributed by atoms with Gasteiger partial charge in [-0.3, -0.25) is 4.79 Å². The minimum atomic E-state index is -0.539. The number of halogens is 2. The smallest absolute Gasteiger partial charge is 0.254 e. The third kappa shape index (κ3) is 3.90. The van der Waals surface area contributed by atoms with Crippen LogP contribution in [0.3, 0.4) is 0 Å². The predicted molar refractivity (Wildman–Crippen MR) is 62.8 cm³/mol. The second-order valence-electron chi connectivity index (χ2n) is 3.31. The lowest BCUT2D eigenvalue weighted by atomic mass is 10.2.